The zero-order valence-corrected chi connectivity index (χ0v) is 7.82. The Morgan fingerprint density at radius 1 is 1.31 bits per heavy atom. The fourth-order valence-electron chi connectivity index (χ4n) is 1.41. The second-order valence-corrected chi connectivity index (χ2v) is 3.23. The number of hydrogen-bond donors (Lipinski definition) is 0. The highest BCUT2D eigenvalue weighted by Gasteiger charge is 2.19. The maximum Gasteiger partial charge on any atom is 0.161 e. The monoisotopic (exact) mass is 178 g/mol. The fraction of sp³-hybridized carbons (Fsp3) is 0.455. The maximum atomic E-state index is 5.74. The van der Waals surface area contributed by atoms with Crippen LogP contribution in [0.3, 0.4) is 0 Å². The second-order valence-electron chi connectivity index (χ2n) is 3.23. The highest BCUT2D eigenvalue weighted by Crippen LogP contribution is 2.23. The number of rotatable bonds is 1. The van der Waals surface area contributed by atoms with E-state index < -0.39 is 0 Å². The second kappa shape index (κ2) is 3.69. The van der Waals surface area contributed by atoms with E-state index in [-0.39, 0.29) is 6.10 Å². The van der Waals surface area contributed by atoms with Gasteiger partial charge in [0.15, 0.2) is 11.5 Å². The van der Waals surface area contributed by atoms with Gasteiger partial charge < -0.3 is 9.47 Å². The molecule has 13 heavy (non-hydrogen) atoms. The molecule has 2 rings (SSSR count). The average molecular weight is 178 g/mol. The van der Waals surface area contributed by atoms with Crippen molar-refractivity contribution in [3.8, 4) is 0 Å². The van der Waals surface area contributed by atoms with Crippen LogP contribution in [0.25, 0.3) is 0 Å². The van der Waals surface area contributed by atoms with E-state index in [1.807, 2.05) is 12.2 Å². The van der Waals surface area contributed by atoms with Gasteiger partial charge >= 0.3 is 0 Å². The van der Waals surface area contributed by atoms with Gasteiger partial charge in [0.05, 0.1) is 0 Å². The number of hydrogen-bond acceptors (Lipinski definition) is 2. The van der Waals surface area contributed by atoms with Crippen LogP contribution in [0.5, 0.6) is 0 Å². The Morgan fingerprint density at radius 3 is 2.85 bits per heavy atom. The summed E-state index contributed by atoms with van der Waals surface area (Å²) >= 11 is 0. The van der Waals surface area contributed by atoms with Crippen LogP contribution in [0.1, 0.15) is 19.8 Å². The van der Waals surface area contributed by atoms with Crippen molar-refractivity contribution in [1.82, 2.24) is 0 Å². The molecular formula is C11H14O2. The molecule has 0 saturated carbocycles. The van der Waals surface area contributed by atoms with Crippen molar-refractivity contribution < 1.29 is 9.47 Å². The van der Waals surface area contributed by atoms with E-state index >= 15 is 0 Å². The van der Waals surface area contributed by atoms with Gasteiger partial charge in [-0.05, 0) is 25.0 Å². The molecule has 0 radical (unpaired) electrons. The molecule has 0 aromatic heterocycles. The van der Waals surface area contributed by atoms with Crippen LogP contribution in [0.4, 0.5) is 0 Å². The zero-order valence-electron chi connectivity index (χ0n) is 7.82. The van der Waals surface area contributed by atoms with E-state index in [2.05, 4.69) is 19.1 Å². The van der Waals surface area contributed by atoms with Crippen molar-refractivity contribution in [2.45, 2.75) is 25.9 Å². The Hall–Kier alpha value is -1.18. The molecular weight excluding hydrogens is 164 g/mol. The highest BCUT2D eigenvalue weighted by atomic mass is 16.6. The lowest BCUT2D eigenvalue weighted by Gasteiger charge is -2.25. The molecule has 2 aliphatic rings. The van der Waals surface area contributed by atoms with Gasteiger partial charge in [-0.2, -0.15) is 0 Å². The van der Waals surface area contributed by atoms with Gasteiger partial charge in [0, 0.05) is 0 Å². The van der Waals surface area contributed by atoms with Crippen LogP contribution in [-0.2, 0) is 9.47 Å². The largest absolute Gasteiger partial charge is 0.486 e. The molecule has 0 bridgehead atoms. The van der Waals surface area contributed by atoms with Crippen LogP contribution in [0.15, 0.2) is 35.8 Å². The Kier molecular flexibility index (Phi) is 2.39. The highest BCUT2D eigenvalue weighted by molar-refractivity contribution is 5.29. The third-order valence-corrected chi connectivity index (χ3v) is 2.23. The van der Waals surface area contributed by atoms with Crippen LogP contribution in [-0.4, -0.2) is 12.7 Å². The van der Waals surface area contributed by atoms with Crippen molar-refractivity contribution in [3.05, 3.63) is 35.8 Å². The molecule has 1 aliphatic heterocycles. The maximum absolute atomic E-state index is 5.74. The Balaban J connectivity index is 2.19. The Morgan fingerprint density at radius 2 is 2.08 bits per heavy atom. The topological polar surface area (TPSA) is 18.5 Å². The third kappa shape index (κ3) is 1.77. The minimum absolute atomic E-state index is 0.217. The van der Waals surface area contributed by atoms with Crippen LogP contribution >= 0.6 is 0 Å². The molecule has 0 aromatic rings. The summed E-state index contributed by atoms with van der Waals surface area (Å²) in [6, 6.07) is 0. The first kappa shape index (κ1) is 8.42. The Bertz CT molecular complexity index is 274. The van der Waals surface area contributed by atoms with Gasteiger partial charge in [-0.3, -0.25) is 0 Å². The summed E-state index contributed by atoms with van der Waals surface area (Å²) in [7, 11) is 0. The normalized spacial score (nSPS) is 26.1. The molecule has 1 atom stereocenters. The minimum atomic E-state index is 0.217. The van der Waals surface area contributed by atoms with E-state index in [1.54, 1.807) is 0 Å². The van der Waals surface area contributed by atoms with Gasteiger partial charge in [0.1, 0.15) is 12.7 Å². The summed E-state index contributed by atoms with van der Waals surface area (Å²) in [4.78, 5) is 0. The summed E-state index contributed by atoms with van der Waals surface area (Å²) in [5.41, 5.74) is 0. The third-order valence-electron chi connectivity index (χ3n) is 2.23. The molecule has 1 aliphatic carbocycles. The summed E-state index contributed by atoms with van der Waals surface area (Å²) in [5, 5.41) is 0. The van der Waals surface area contributed by atoms with Gasteiger partial charge in [0.2, 0.25) is 0 Å². The number of allylic oxidation sites excluding steroid dienone is 4. The molecule has 1 unspecified atom stereocenters. The lowest BCUT2D eigenvalue weighted by atomic mass is 10.2. The van der Waals surface area contributed by atoms with Crippen molar-refractivity contribution in [1.29, 1.82) is 0 Å². The summed E-state index contributed by atoms with van der Waals surface area (Å²) in [5.74, 6) is 1.75. The van der Waals surface area contributed by atoms with Gasteiger partial charge in [-0.1, -0.05) is 19.1 Å². The lowest BCUT2D eigenvalue weighted by Crippen LogP contribution is -2.23. The van der Waals surface area contributed by atoms with E-state index in [9.17, 15) is 0 Å². The van der Waals surface area contributed by atoms with Crippen molar-refractivity contribution in [3.63, 3.8) is 0 Å². The molecule has 0 spiro atoms. The molecule has 0 N–H and O–H groups in total. The first-order chi connectivity index (χ1) is 6.40. The quantitative estimate of drug-likeness (QED) is 0.614. The van der Waals surface area contributed by atoms with E-state index in [1.165, 1.54) is 0 Å². The molecule has 0 aromatic carbocycles. The standard InChI is InChI=1S/C11H14O2/c1-2-9-8-12-10-6-4-3-5-7-11(10)13-9/h4-7,9H,2-3,8H2,1H3. The summed E-state index contributed by atoms with van der Waals surface area (Å²) in [6.45, 7) is 2.78. The SMILES string of the molecule is CCC1COC2=C(C=CCC=C2)O1. The summed E-state index contributed by atoms with van der Waals surface area (Å²) in [6.07, 6.45) is 10.3. The average Bonchev–Trinajstić information content (AvgIpc) is 2.41. The van der Waals surface area contributed by atoms with Gasteiger partial charge in [0.25, 0.3) is 0 Å². The Labute approximate surface area is 78.5 Å². The molecule has 0 amide bonds. The first-order valence-corrected chi connectivity index (χ1v) is 4.77. The van der Waals surface area contributed by atoms with E-state index in [0.29, 0.717) is 6.61 Å². The molecule has 0 fully saturated rings. The van der Waals surface area contributed by atoms with Gasteiger partial charge in [-0.15, -0.1) is 0 Å². The van der Waals surface area contributed by atoms with Crippen molar-refractivity contribution in [2.75, 3.05) is 6.61 Å². The van der Waals surface area contributed by atoms with Crippen molar-refractivity contribution >= 4 is 0 Å². The van der Waals surface area contributed by atoms with E-state index in [4.69, 9.17) is 9.47 Å². The van der Waals surface area contributed by atoms with Crippen LogP contribution in [0.2, 0.25) is 0 Å². The molecule has 0 saturated heterocycles. The van der Waals surface area contributed by atoms with Crippen LogP contribution in [0, 0.1) is 0 Å². The summed E-state index contributed by atoms with van der Waals surface area (Å²) < 4.78 is 11.3. The van der Waals surface area contributed by atoms with Crippen LogP contribution < -0.4 is 0 Å². The first-order valence-electron chi connectivity index (χ1n) is 4.77. The number of ether oxygens (including phenoxy) is 2. The minimum Gasteiger partial charge on any atom is -0.486 e. The van der Waals surface area contributed by atoms with Gasteiger partial charge in [-0.25, -0.2) is 0 Å². The molecule has 2 nitrogen and oxygen atoms in total. The smallest absolute Gasteiger partial charge is 0.161 e. The van der Waals surface area contributed by atoms with E-state index in [0.717, 1.165) is 24.4 Å². The molecule has 2 heteroatoms. The predicted molar refractivity (Wildman–Crippen MR) is 51.0 cm³/mol. The fourth-order valence-corrected chi connectivity index (χ4v) is 1.41. The van der Waals surface area contributed by atoms with Crippen molar-refractivity contribution in [2.24, 2.45) is 0 Å². The molecule has 1 heterocycles. The predicted octanol–water partition coefficient (Wildman–Crippen LogP) is 2.54. The molecule has 70 valence electrons. The lowest BCUT2D eigenvalue weighted by molar-refractivity contribution is 0.00645. The zero-order chi connectivity index (χ0) is 9.10.